The highest BCUT2D eigenvalue weighted by atomic mass is 16.3. The minimum atomic E-state index is -0.730. The van der Waals surface area contributed by atoms with Crippen LogP contribution in [0, 0.1) is 6.92 Å². The molecule has 2 N–H and O–H groups in total. The van der Waals surface area contributed by atoms with Crippen molar-refractivity contribution in [3.63, 3.8) is 0 Å². The van der Waals surface area contributed by atoms with Crippen LogP contribution in [0.15, 0.2) is 18.2 Å². The summed E-state index contributed by atoms with van der Waals surface area (Å²) in [5.41, 5.74) is 1.11. The number of hydrogen-bond donors (Lipinski definition) is 2. The van der Waals surface area contributed by atoms with E-state index in [1.54, 1.807) is 11.4 Å². The number of hydrogen-bond acceptors (Lipinski definition) is 4. The van der Waals surface area contributed by atoms with Gasteiger partial charge in [0.05, 0.1) is 5.60 Å². The van der Waals surface area contributed by atoms with E-state index in [0.29, 0.717) is 18.9 Å². The van der Waals surface area contributed by atoms with E-state index in [4.69, 9.17) is 0 Å². The highest BCUT2D eigenvalue weighted by Crippen LogP contribution is 2.11. The fourth-order valence-electron chi connectivity index (χ4n) is 1.50. The number of aromatic nitrogens is 3. The Hall–Kier alpha value is -1.62. The molecule has 0 aliphatic heterocycles. The maximum atomic E-state index is 9.89. The van der Waals surface area contributed by atoms with Crippen LogP contribution in [0.1, 0.15) is 26.0 Å². The molecule has 2 aromatic heterocycles. The molecule has 0 aliphatic carbocycles. The lowest BCUT2D eigenvalue weighted by molar-refractivity contribution is 0.0696. The number of aryl methyl sites for hydroxylation is 1. The van der Waals surface area contributed by atoms with Crippen LogP contribution in [0.3, 0.4) is 0 Å². The van der Waals surface area contributed by atoms with Crippen molar-refractivity contribution in [2.24, 2.45) is 0 Å². The largest absolute Gasteiger partial charge is 0.388 e. The van der Waals surface area contributed by atoms with Gasteiger partial charge >= 0.3 is 0 Å². The fourth-order valence-corrected chi connectivity index (χ4v) is 1.50. The molecule has 1 atom stereocenters. The second-order valence-electron chi connectivity index (χ2n) is 4.58. The summed E-state index contributed by atoms with van der Waals surface area (Å²) < 4.78 is 1.78. The first kappa shape index (κ1) is 11.9. The first-order valence-corrected chi connectivity index (χ1v) is 5.80. The molecular weight excluding hydrogens is 216 g/mol. The van der Waals surface area contributed by atoms with Crippen molar-refractivity contribution in [3.05, 3.63) is 23.9 Å². The Morgan fingerprint density at radius 1 is 1.47 bits per heavy atom. The number of pyridine rings is 1. The summed E-state index contributed by atoms with van der Waals surface area (Å²) in [5.74, 6) is 0.549. The predicted octanol–water partition coefficient (Wildman–Crippen LogP) is 1.61. The fraction of sp³-hybridized carbons (Fsp3) is 0.500. The summed E-state index contributed by atoms with van der Waals surface area (Å²) in [4.78, 5) is 4.34. The van der Waals surface area contributed by atoms with Gasteiger partial charge in [-0.3, -0.25) is 0 Å². The van der Waals surface area contributed by atoms with Crippen LogP contribution < -0.4 is 5.32 Å². The summed E-state index contributed by atoms with van der Waals surface area (Å²) in [6.45, 7) is 6.16. The molecule has 0 aliphatic rings. The van der Waals surface area contributed by atoms with E-state index >= 15 is 0 Å². The molecule has 0 saturated carbocycles. The highest BCUT2D eigenvalue weighted by Gasteiger charge is 2.17. The van der Waals surface area contributed by atoms with Gasteiger partial charge in [0.1, 0.15) is 0 Å². The van der Waals surface area contributed by atoms with E-state index in [1.807, 2.05) is 32.0 Å². The summed E-state index contributed by atoms with van der Waals surface area (Å²) in [5, 5.41) is 17.3. The van der Waals surface area contributed by atoms with E-state index in [2.05, 4.69) is 15.4 Å². The van der Waals surface area contributed by atoms with Crippen molar-refractivity contribution in [2.75, 3.05) is 11.9 Å². The Bertz CT molecular complexity index is 518. The lowest BCUT2D eigenvalue weighted by Crippen LogP contribution is -2.32. The Balaban J connectivity index is 2.18. The standard InChI is InChI=1S/C12H18N4O/c1-4-12(3,17)8-13-11-14-10-7-5-6-9(2)16(10)15-11/h5-7,17H,4,8H2,1-3H3,(H,13,15). The first-order chi connectivity index (χ1) is 8.02. The van der Waals surface area contributed by atoms with Gasteiger partial charge in [-0.05, 0) is 32.4 Å². The lowest BCUT2D eigenvalue weighted by atomic mass is 10.0. The molecule has 5 nitrogen and oxygen atoms in total. The van der Waals surface area contributed by atoms with Crippen LogP contribution in [0.25, 0.3) is 5.65 Å². The third-order valence-electron chi connectivity index (χ3n) is 2.94. The smallest absolute Gasteiger partial charge is 0.243 e. The predicted molar refractivity (Wildman–Crippen MR) is 67.1 cm³/mol. The topological polar surface area (TPSA) is 62.5 Å². The van der Waals surface area contributed by atoms with Crippen molar-refractivity contribution >= 4 is 11.6 Å². The molecule has 1 unspecified atom stereocenters. The molecule has 0 fully saturated rings. The Morgan fingerprint density at radius 2 is 2.24 bits per heavy atom. The zero-order valence-electron chi connectivity index (χ0n) is 10.4. The molecule has 0 spiro atoms. The molecule has 92 valence electrons. The molecule has 0 bridgehead atoms. The zero-order chi connectivity index (χ0) is 12.5. The van der Waals surface area contributed by atoms with E-state index < -0.39 is 5.60 Å². The second-order valence-corrected chi connectivity index (χ2v) is 4.58. The summed E-state index contributed by atoms with van der Waals surface area (Å²) in [6.07, 6.45) is 0.687. The maximum absolute atomic E-state index is 9.89. The Labute approximate surface area is 100 Å². The van der Waals surface area contributed by atoms with Crippen molar-refractivity contribution < 1.29 is 5.11 Å². The molecule has 2 rings (SSSR count). The average Bonchev–Trinajstić information content (AvgIpc) is 2.71. The van der Waals surface area contributed by atoms with Crippen LogP contribution in [-0.2, 0) is 0 Å². The zero-order valence-corrected chi connectivity index (χ0v) is 10.4. The van der Waals surface area contributed by atoms with Gasteiger partial charge in [-0.25, -0.2) is 4.52 Å². The molecule has 2 aromatic rings. The quantitative estimate of drug-likeness (QED) is 0.843. The molecule has 17 heavy (non-hydrogen) atoms. The first-order valence-electron chi connectivity index (χ1n) is 5.80. The number of aliphatic hydroxyl groups is 1. The molecule has 0 saturated heterocycles. The lowest BCUT2D eigenvalue weighted by Gasteiger charge is -2.20. The number of nitrogens with one attached hydrogen (secondary N) is 1. The summed E-state index contributed by atoms with van der Waals surface area (Å²) in [7, 11) is 0. The van der Waals surface area contributed by atoms with Gasteiger partial charge in [0.2, 0.25) is 5.95 Å². The monoisotopic (exact) mass is 234 g/mol. The van der Waals surface area contributed by atoms with Crippen molar-refractivity contribution in [1.82, 2.24) is 14.6 Å². The molecule has 0 radical (unpaired) electrons. The number of fused-ring (bicyclic) bond motifs is 1. The average molecular weight is 234 g/mol. The minimum absolute atomic E-state index is 0.444. The molecule has 5 heteroatoms. The van der Waals surface area contributed by atoms with E-state index in [1.165, 1.54) is 0 Å². The molecule has 2 heterocycles. The van der Waals surface area contributed by atoms with Crippen molar-refractivity contribution in [3.8, 4) is 0 Å². The molecular formula is C12H18N4O. The summed E-state index contributed by atoms with van der Waals surface area (Å²) in [6, 6.07) is 5.84. The van der Waals surface area contributed by atoms with Gasteiger partial charge < -0.3 is 10.4 Å². The molecule has 0 aromatic carbocycles. The van der Waals surface area contributed by atoms with E-state index in [-0.39, 0.29) is 0 Å². The van der Waals surface area contributed by atoms with Crippen molar-refractivity contribution in [1.29, 1.82) is 0 Å². The Morgan fingerprint density at radius 3 is 2.88 bits per heavy atom. The second kappa shape index (κ2) is 4.33. The normalized spacial score (nSPS) is 14.8. The SMILES string of the molecule is CCC(C)(O)CNc1nc2cccc(C)n2n1. The van der Waals surface area contributed by atoms with Gasteiger partial charge in [-0.1, -0.05) is 13.0 Å². The van der Waals surface area contributed by atoms with Crippen LogP contribution in [0.4, 0.5) is 5.95 Å². The third kappa shape index (κ3) is 2.55. The van der Waals surface area contributed by atoms with Gasteiger partial charge in [0, 0.05) is 12.2 Å². The number of rotatable bonds is 4. The highest BCUT2D eigenvalue weighted by molar-refractivity contribution is 5.44. The molecule has 0 amide bonds. The van der Waals surface area contributed by atoms with Gasteiger partial charge in [-0.2, -0.15) is 4.98 Å². The third-order valence-corrected chi connectivity index (χ3v) is 2.94. The van der Waals surface area contributed by atoms with Gasteiger partial charge in [-0.15, -0.1) is 5.10 Å². The minimum Gasteiger partial charge on any atom is -0.388 e. The number of anilines is 1. The van der Waals surface area contributed by atoms with Gasteiger partial charge in [0.25, 0.3) is 0 Å². The van der Waals surface area contributed by atoms with Crippen LogP contribution in [-0.4, -0.2) is 31.9 Å². The van der Waals surface area contributed by atoms with E-state index in [0.717, 1.165) is 11.3 Å². The summed E-state index contributed by atoms with van der Waals surface area (Å²) >= 11 is 0. The van der Waals surface area contributed by atoms with Crippen LogP contribution in [0.5, 0.6) is 0 Å². The number of nitrogens with zero attached hydrogens (tertiary/aromatic N) is 3. The van der Waals surface area contributed by atoms with E-state index in [9.17, 15) is 5.11 Å². The van der Waals surface area contributed by atoms with Crippen LogP contribution in [0.2, 0.25) is 0 Å². The Kier molecular flexibility index (Phi) is 3.02. The van der Waals surface area contributed by atoms with Crippen molar-refractivity contribution in [2.45, 2.75) is 32.8 Å². The van der Waals surface area contributed by atoms with Crippen LogP contribution >= 0.6 is 0 Å². The van der Waals surface area contributed by atoms with Gasteiger partial charge in [0.15, 0.2) is 5.65 Å². The maximum Gasteiger partial charge on any atom is 0.243 e.